The van der Waals surface area contributed by atoms with Crippen molar-refractivity contribution in [2.75, 3.05) is 0 Å². The third-order valence-corrected chi connectivity index (χ3v) is 5.62. The van der Waals surface area contributed by atoms with Gasteiger partial charge < -0.3 is 13.9 Å². The lowest BCUT2D eigenvalue weighted by molar-refractivity contribution is -0.297. The van der Waals surface area contributed by atoms with Crippen LogP contribution in [0.3, 0.4) is 0 Å². The lowest BCUT2D eigenvalue weighted by atomic mass is 9.52. The van der Waals surface area contributed by atoms with E-state index in [0.717, 1.165) is 12.8 Å². The van der Waals surface area contributed by atoms with Crippen LogP contribution in [0.5, 0.6) is 0 Å². The molecule has 3 aliphatic rings. The van der Waals surface area contributed by atoms with Gasteiger partial charge in [0.2, 0.25) is 17.1 Å². The van der Waals surface area contributed by atoms with Crippen molar-refractivity contribution in [3.63, 3.8) is 0 Å². The zero-order valence-corrected chi connectivity index (χ0v) is 12.8. The van der Waals surface area contributed by atoms with Gasteiger partial charge in [-0.1, -0.05) is 6.42 Å². The van der Waals surface area contributed by atoms with Crippen LogP contribution >= 0.6 is 0 Å². The minimum Gasteiger partial charge on any atom is -0.466 e. The number of hydrogen-bond donors (Lipinski definition) is 1. The van der Waals surface area contributed by atoms with Crippen molar-refractivity contribution in [2.24, 2.45) is 16.7 Å². The van der Waals surface area contributed by atoms with E-state index in [1.54, 1.807) is 12.1 Å². The SMILES string of the molecule is N#CC1(C#N)[C@@H](c2ccco2)O[C@]23CCCC[C@@H]2[C@]1(C#N)C(=N)O3. The second-order valence-electron chi connectivity index (χ2n) is 6.51. The summed E-state index contributed by atoms with van der Waals surface area (Å²) in [4.78, 5) is 0. The lowest BCUT2D eigenvalue weighted by Gasteiger charge is -2.50. The molecule has 7 nitrogen and oxygen atoms in total. The molecule has 3 fully saturated rings. The summed E-state index contributed by atoms with van der Waals surface area (Å²) in [6.45, 7) is 0. The van der Waals surface area contributed by atoms with Crippen molar-refractivity contribution >= 4 is 5.90 Å². The molecule has 1 N–H and O–H groups in total. The van der Waals surface area contributed by atoms with Gasteiger partial charge in [-0.3, -0.25) is 5.41 Å². The largest absolute Gasteiger partial charge is 0.466 e. The van der Waals surface area contributed by atoms with Crippen molar-refractivity contribution in [3.8, 4) is 18.2 Å². The fourth-order valence-corrected chi connectivity index (χ4v) is 4.56. The van der Waals surface area contributed by atoms with Crippen LogP contribution in [-0.4, -0.2) is 11.7 Å². The first-order chi connectivity index (χ1) is 11.6. The number of rotatable bonds is 1. The Balaban J connectivity index is 2.02. The Hall–Kier alpha value is -2.82. The average Bonchev–Trinajstić information content (AvgIpc) is 3.19. The van der Waals surface area contributed by atoms with Crippen molar-refractivity contribution in [3.05, 3.63) is 24.2 Å². The standard InChI is InChI=1S/C17H14N4O3/c18-8-15(9-19)13(11-4-3-7-22-11)23-17-6-2-1-5-12(17)16(15,10-20)14(21)24-17/h3-4,7,12-13,21H,1-2,5-6H2/t12-,13-,16-,17+/m1/s1. The molecule has 1 saturated carbocycles. The highest BCUT2D eigenvalue weighted by atomic mass is 16.7. The molecule has 2 bridgehead atoms. The number of hydrogen-bond acceptors (Lipinski definition) is 7. The number of nitrogens with zero attached hydrogens (tertiary/aromatic N) is 3. The summed E-state index contributed by atoms with van der Waals surface area (Å²) in [6.07, 6.45) is 3.12. The summed E-state index contributed by atoms with van der Waals surface area (Å²) < 4.78 is 17.3. The smallest absolute Gasteiger partial charge is 0.217 e. The number of nitriles is 3. The van der Waals surface area contributed by atoms with E-state index >= 15 is 0 Å². The van der Waals surface area contributed by atoms with E-state index in [4.69, 9.17) is 19.3 Å². The minimum atomic E-state index is -1.90. The summed E-state index contributed by atoms with van der Waals surface area (Å²) in [6, 6.07) is 9.36. The van der Waals surface area contributed by atoms with Gasteiger partial charge in [0.15, 0.2) is 11.5 Å². The monoisotopic (exact) mass is 322 g/mol. The highest BCUT2D eigenvalue weighted by molar-refractivity contribution is 5.89. The van der Waals surface area contributed by atoms with E-state index in [-0.39, 0.29) is 5.90 Å². The maximum Gasteiger partial charge on any atom is 0.217 e. The van der Waals surface area contributed by atoms with Crippen LogP contribution in [0.1, 0.15) is 37.5 Å². The molecule has 0 unspecified atom stereocenters. The molecule has 1 aromatic rings. The van der Waals surface area contributed by atoms with Crippen LogP contribution in [0.4, 0.5) is 0 Å². The molecule has 4 rings (SSSR count). The van der Waals surface area contributed by atoms with E-state index in [9.17, 15) is 15.8 Å². The van der Waals surface area contributed by atoms with Gasteiger partial charge in [0.05, 0.1) is 30.4 Å². The zero-order valence-electron chi connectivity index (χ0n) is 12.8. The van der Waals surface area contributed by atoms with Crippen LogP contribution < -0.4 is 0 Å². The van der Waals surface area contributed by atoms with Crippen LogP contribution in [0.2, 0.25) is 0 Å². The topological polar surface area (TPSA) is 127 Å². The molecular formula is C17H14N4O3. The van der Waals surface area contributed by atoms with E-state index < -0.39 is 28.6 Å². The maximum atomic E-state index is 10.0. The molecule has 120 valence electrons. The highest BCUT2D eigenvalue weighted by Gasteiger charge is 2.80. The van der Waals surface area contributed by atoms with Crippen molar-refractivity contribution < 1.29 is 13.9 Å². The number of furan rings is 1. The Bertz CT molecular complexity index is 813. The van der Waals surface area contributed by atoms with E-state index in [1.165, 1.54) is 6.26 Å². The Morgan fingerprint density at radius 3 is 2.58 bits per heavy atom. The molecule has 0 aromatic carbocycles. The molecule has 2 aliphatic heterocycles. The molecule has 7 heteroatoms. The Morgan fingerprint density at radius 1 is 1.17 bits per heavy atom. The molecule has 3 heterocycles. The normalized spacial score (nSPS) is 39.0. The van der Waals surface area contributed by atoms with E-state index in [0.29, 0.717) is 18.6 Å². The third kappa shape index (κ3) is 1.36. The maximum absolute atomic E-state index is 10.0. The molecule has 0 radical (unpaired) electrons. The molecule has 0 spiro atoms. The zero-order chi connectivity index (χ0) is 17.0. The first kappa shape index (κ1) is 14.8. The first-order valence-corrected chi connectivity index (χ1v) is 7.83. The molecule has 1 aliphatic carbocycles. The molecule has 24 heavy (non-hydrogen) atoms. The molecule has 1 aromatic heterocycles. The van der Waals surface area contributed by atoms with Crippen LogP contribution in [-0.2, 0) is 9.47 Å². The van der Waals surface area contributed by atoms with Gasteiger partial charge in [0.1, 0.15) is 5.76 Å². The lowest BCUT2D eigenvalue weighted by Crippen LogP contribution is -2.60. The first-order valence-electron chi connectivity index (χ1n) is 7.83. The second kappa shape index (κ2) is 4.60. The van der Waals surface area contributed by atoms with Crippen LogP contribution in [0.15, 0.2) is 22.8 Å². The third-order valence-electron chi connectivity index (χ3n) is 5.62. The quantitative estimate of drug-likeness (QED) is 0.846. The summed E-state index contributed by atoms with van der Waals surface area (Å²) in [7, 11) is 0. The van der Waals surface area contributed by atoms with Gasteiger partial charge in [-0.05, 0) is 25.0 Å². The van der Waals surface area contributed by atoms with Crippen molar-refractivity contribution in [1.82, 2.24) is 0 Å². The highest BCUT2D eigenvalue weighted by Crippen LogP contribution is 2.69. The molecule has 4 atom stereocenters. The Morgan fingerprint density at radius 2 is 1.96 bits per heavy atom. The minimum absolute atomic E-state index is 0.291. The Kier molecular flexibility index (Phi) is 2.83. The number of ether oxygens (including phenoxy) is 2. The van der Waals surface area contributed by atoms with Crippen molar-refractivity contribution in [1.29, 1.82) is 21.2 Å². The predicted octanol–water partition coefficient (Wildman–Crippen LogP) is 2.79. The summed E-state index contributed by atoms with van der Waals surface area (Å²) in [5.41, 5.74) is -3.56. The Labute approximate surface area is 138 Å². The van der Waals surface area contributed by atoms with Gasteiger partial charge in [-0.15, -0.1) is 0 Å². The molecular weight excluding hydrogens is 308 g/mol. The van der Waals surface area contributed by atoms with Gasteiger partial charge in [-0.2, -0.15) is 15.8 Å². The average molecular weight is 322 g/mol. The van der Waals surface area contributed by atoms with Gasteiger partial charge in [-0.25, -0.2) is 0 Å². The fourth-order valence-electron chi connectivity index (χ4n) is 4.56. The summed E-state index contributed by atoms with van der Waals surface area (Å²) in [5, 5.41) is 38.2. The van der Waals surface area contributed by atoms with Crippen molar-refractivity contribution in [2.45, 2.75) is 37.6 Å². The summed E-state index contributed by atoms with van der Waals surface area (Å²) in [5.74, 6) is -1.70. The van der Waals surface area contributed by atoms with E-state index in [2.05, 4.69) is 6.07 Å². The molecule has 2 saturated heterocycles. The number of nitrogens with one attached hydrogen (secondary N) is 1. The second-order valence-corrected chi connectivity index (χ2v) is 6.51. The fraction of sp³-hybridized carbons (Fsp3) is 0.529. The van der Waals surface area contributed by atoms with Gasteiger partial charge >= 0.3 is 0 Å². The summed E-state index contributed by atoms with van der Waals surface area (Å²) >= 11 is 0. The van der Waals surface area contributed by atoms with E-state index in [1.807, 2.05) is 12.1 Å². The van der Waals surface area contributed by atoms with Crippen LogP contribution in [0.25, 0.3) is 0 Å². The predicted molar refractivity (Wildman–Crippen MR) is 77.7 cm³/mol. The van der Waals surface area contributed by atoms with Gasteiger partial charge in [0, 0.05) is 6.42 Å². The van der Waals surface area contributed by atoms with Gasteiger partial charge in [0.25, 0.3) is 0 Å². The molecule has 0 amide bonds. The van der Waals surface area contributed by atoms with Crippen LogP contribution in [0, 0.1) is 56.2 Å².